The van der Waals surface area contributed by atoms with E-state index in [2.05, 4.69) is 10.4 Å². The molecule has 2 rings (SSSR count). The highest BCUT2D eigenvalue weighted by atomic mass is 16.3. The topological polar surface area (TPSA) is 91.5 Å². The number of nitrogens with one attached hydrogen (secondary N) is 1. The number of aromatic nitrogens is 1. The van der Waals surface area contributed by atoms with Crippen molar-refractivity contribution in [3.8, 4) is 0 Å². The fourth-order valence-corrected chi connectivity index (χ4v) is 2.41. The third-order valence-electron chi connectivity index (χ3n) is 3.73. The number of carbonyl (C=O) groups excluding carboxylic acids is 1. The van der Waals surface area contributed by atoms with Crippen LogP contribution in [0.3, 0.4) is 0 Å². The van der Waals surface area contributed by atoms with E-state index in [9.17, 15) is 9.90 Å². The first kappa shape index (κ1) is 15.7. The second kappa shape index (κ2) is 5.27. The van der Waals surface area contributed by atoms with Gasteiger partial charge in [-0.05, 0) is 25.5 Å². The number of hydrogen-bond acceptors (Lipinski definition) is 5. The first-order chi connectivity index (χ1) is 9.62. The van der Waals surface area contributed by atoms with Gasteiger partial charge in [0.15, 0.2) is 0 Å². The lowest BCUT2D eigenvalue weighted by atomic mass is 9.90. The monoisotopic (exact) mass is 292 g/mol. The molecule has 1 aromatic heterocycles. The number of aliphatic hydroxyl groups is 1. The Kier molecular flexibility index (Phi) is 3.95. The Bertz CT molecular complexity index is 549. The molecule has 0 bridgehead atoms. The lowest BCUT2D eigenvalue weighted by Gasteiger charge is -2.22. The fraction of sp³-hybridized carbons (Fsp3) is 0.600. The summed E-state index contributed by atoms with van der Waals surface area (Å²) in [5.74, 6) is 5.82. The zero-order valence-electron chi connectivity index (χ0n) is 13.1. The van der Waals surface area contributed by atoms with Gasteiger partial charge in [0, 0.05) is 29.8 Å². The zero-order valence-corrected chi connectivity index (χ0v) is 13.1. The Labute approximate surface area is 125 Å². The van der Waals surface area contributed by atoms with Crippen LogP contribution >= 0.6 is 0 Å². The van der Waals surface area contributed by atoms with E-state index in [0.29, 0.717) is 30.9 Å². The number of hydrazine groups is 1. The maximum Gasteiger partial charge on any atom is 0.254 e. The van der Waals surface area contributed by atoms with E-state index in [1.165, 1.54) is 0 Å². The molecule has 0 aliphatic carbocycles. The van der Waals surface area contributed by atoms with E-state index >= 15 is 0 Å². The summed E-state index contributed by atoms with van der Waals surface area (Å²) in [5, 5.41) is 10.0. The van der Waals surface area contributed by atoms with Gasteiger partial charge in [-0.2, -0.15) is 0 Å². The fourth-order valence-electron chi connectivity index (χ4n) is 2.41. The SMILES string of the molecule is CC1(O)CCN(C(=O)c2cc(NN)nc(C(C)(C)C)c2)C1. The van der Waals surface area contributed by atoms with Gasteiger partial charge in [-0.25, -0.2) is 10.8 Å². The predicted octanol–water partition coefficient (Wildman–Crippen LogP) is 1.26. The molecule has 0 aromatic carbocycles. The summed E-state index contributed by atoms with van der Waals surface area (Å²) >= 11 is 0. The van der Waals surface area contributed by atoms with E-state index in [1.54, 1.807) is 24.0 Å². The van der Waals surface area contributed by atoms with Crippen molar-refractivity contribution in [3.63, 3.8) is 0 Å². The smallest absolute Gasteiger partial charge is 0.254 e. The van der Waals surface area contributed by atoms with E-state index < -0.39 is 5.60 Å². The molecule has 1 amide bonds. The summed E-state index contributed by atoms with van der Waals surface area (Å²) < 4.78 is 0. The molecule has 116 valence electrons. The normalized spacial score (nSPS) is 22.5. The number of amides is 1. The van der Waals surface area contributed by atoms with Crippen LogP contribution in [0.5, 0.6) is 0 Å². The minimum atomic E-state index is -0.801. The van der Waals surface area contributed by atoms with E-state index in [-0.39, 0.29) is 11.3 Å². The third-order valence-corrected chi connectivity index (χ3v) is 3.73. The van der Waals surface area contributed by atoms with Crippen LogP contribution in [0.2, 0.25) is 0 Å². The Morgan fingerprint density at radius 1 is 1.48 bits per heavy atom. The van der Waals surface area contributed by atoms with Crippen LogP contribution in [0.4, 0.5) is 5.82 Å². The van der Waals surface area contributed by atoms with E-state index in [4.69, 9.17) is 5.84 Å². The molecule has 6 heteroatoms. The van der Waals surface area contributed by atoms with Crippen LogP contribution < -0.4 is 11.3 Å². The van der Waals surface area contributed by atoms with Crippen molar-refractivity contribution in [3.05, 3.63) is 23.4 Å². The number of nitrogens with two attached hydrogens (primary N) is 1. The Hall–Kier alpha value is -1.66. The summed E-state index contributed by atoms with van der Waals surface area (Å²) in [5.41, 5.74) is 2.87. The minimum Gasteiger partial charge on any atom is -0.388 e. The number of nitrogens with zero attached hydrogens (tertiary/aromatic N) is 2. The molecular weight excluding hydrogens is 268 g/mol. The van der Waals surface area contributed by atoms with Crippen LogP contribution in [0, 0.1) is 0 Å². The molecule has 4 N–H and O–H groups in total. The van der Waals surface area contributed by atoms with Gasteiger partial charge in [-0.3, -0.25) is 4.79 Å². The lowest BCUT2D eigenvalue weighted by Crippen LogP contribution is -2.34. The molecule has 0 spiro atoms. The van der Waals surface area contributed by atoms with Gasteiger partial charge in [0.25, 0.3) is 5.91 Å². The number of pyridine rings is 1. The second-order valence-electron chi connectivity index (χ2n) is 6.99. The van der Waals surface area contributed by atoms with Crippen LogP contribution in [0.15, 0.2) is 12.1 Å². The molecule has 1 unspecified atom stereocenters. The second-order valence-corrected chi connectivity index (χ2v) is 6.99. The average Bonchev–Trinajstić information content (AvgIpc) is 2.76. The molecule has 0 radical (unpaired) electrons. The molecule has 1 aliphatic heterocycles. The van der Waals surface area contributed by atoms with Gasteiger partial charge >= 0.3 is 0 Å². The number of β-amino-alcohol motifs (C(OH)–C–C–N with tert-alkyl or cyclic N) is 1. The molecule has 1 aromatic rings. The average molecular weight is 292 g/mol. The molecule has 21 heavy (non-hydrogen) atoms. The Morgan fingerprint density at radius 3 is 2.62 bits per heavy atom. The summed E-state index contributed by atoms with van der Waals surface area (Å²) in [4.78, 5) is 18.7. The molecule has 1 aliphatic rings. The Morgan fingerprint density at radius 2 is 2.14 bits per heavy atom. The summed E-state index contributed by atoms with van der Waals surface area (Å²) in [6.07, 6.45) is 0.595. The third kappa shape index (κ3) is 3.51. The van der Waals surface area contributed by atoms with Gasteiger partial charge in [-0.1, -0.05) is 20.8 Å². The van der Waals surface area contributed by atoms with Crippen molar-refractivity contribution in [2.45, 2.75) is 45.1 Å². The lowest BCUT2D eigenvalue weighted by molar-refractivity contribution is 0.0572. The molecular formula is C15H24N4O2. The molecule has 1 atom stereocenters. The highest BCUT2D eigenvalue weighted by molar-refractivity contribution is 5.95. The van der Waals surface area contributed by atoms with E-state index in [0.717, 1.165) is 5.69 Å². The van der Waals surface area contributed by atoms with Gasteiger partial charge in [0.05, 0.1) is 5.60 Å². The predicted molar refractivity (Wildman–Crippen MR) is 81.9 cm³/mol. The number of anilines is 1. The quantitative estimate of drug-likeness (QED) is 0.564. The highest BCUT2D eigenvalue weighted by Crippen LogP contribution is 2.26. The number of rotatable bonds is 2. The highest BCUT2D eigenvalue weighted by Gasteiger charge is 2.34. The standard InChI is InChI=1S/C15H24N4O2/c1-14(2,3)11-7-10(8-12(17-11)18-16)13(20)19-6-5-15(4,21)9-19/h7-8,21H,5-6,9,16H2,1-4H3,(H,17,18). The van der Waals surface area contributed by atoms with Gasteiger partial charge in [0.2, 0.25) is 0 Å². The number of carbonyl (C=O) groups is 1. The molecule has 0 saturated carbocycles. The molecule has 1 saturated heterocycles. The maximum atomic E-state index is 12.6. The van der Waals surface area contributed by atoms with Crippen molar-refractivity contribution in [2.75, 3.05) is 18.5 Å². The van der Waals surface area contributed by atoms with Gasteiger partial charge in [-0.15, -0.1) is 0 Å². The number of likely N-dealkylation sites (tertiary alicyclic amines) is 1. The van der Waals surface area contributed by atoms with Crippen LogP contribution in [-0.2, 0) is 5.41 Å². The maximum absolute atomic E-state index is 12.6. The number of hydrogen-bond donors (Lipinski definition) is 3. The molecule has 2 heterocycles. The van der Waals surface area contributed by atoms with Crippen molar-refractivity contribution < 1.29 is 9.90 Å². The van der Waals surface area contributed by atoms with Crippen LogP contribution in [-0.4, -0.2) is 39.6 Å². The van der Waals surface area contributed by atoms with E-state index in [1.807, 2.05) is 20.8 Å². The van der Waals surface area contributed by atoms with Crippen LogP contribution in [0.1, 0.15) is 50.2 Å². The summed E-state index contributed by atoms with van der Waals surface area (Å²) in [6, 6.07) is 3.45. The van der Waals surface area contributed by atoms with Crippen molar-refractivity contribution in [1.82, 2.24) is 9.88 Å². The van der Waals surface area contributed by atoms with Gasteiger partial charge in [0.1, 0.15) is 5.82 Å². The summed E-state index contributed by atoms with van der Waals surface area (Å²) in [7, 11) is 0. The first-order valence-electron chi connectivity index (χ1n) is 7.13. The largest absolute Gasteiger partial charge is 0.388 e. The zero-order chi connectivity index (χ0) is 15.8. The molecule has 6 nitrogen and oxygen atoms in total. The van der Waals surface area contributed by atoms with Crippen molar-refractivity contribution in [1.29, 1.82) is 0 Å². The summed E-state index contributed by atoms with van der Waals surface area (Å²) in [6.45, 7) is 8.76. The van der Waals surface area contributed by atoms with Gasteiger partial charge < -0.3 is 15.4 Å². The Balaban J connectivity index is 2.33. The number of nitrogen functional groups attached to an aromatic ring is 1. The van der Waals surface area contributed by atoms with Crippen LogP contribution in [0.25, 0.3) is 0 Å². The van der Waals surface area contributed by atoms with Crippen molar-refractivity contribution >= 4 is 11.7 Å². The molecule has 1 fully saturated rings. The minimum absolute atomic E-state index is 0.0998. The first-order valence-corrected chi connectivity index (χ1v) is 7.13. The van der Waals surface area contributed by atoms with Crippen molar-refractivity contribution in [2.24, 2.45) is 5.84 Å².